The average molecular weight is 445 g/mol. The van der Waals surface area contributed by atoms with Gasteiger partial charge in [-0.25, -0.2) is 4.79 Å². The Bertz CT molecular complexity index is 455. The smallest absolute Gasteiger partial charge is 0.481 e. The summed E-state index contributed by atoms with van der Waals surface area (Å²) in [5.74, 6) is -0.782. The standard InChI is InChI=1S/C24H48N2O5/c1-6-9-10-11-14-22(15-12-13-16-23(27)28)31-24(29)30-20-19-26(21(4)5)18-17-25(7-2)8-3/h21-22H,6-20H2,1-5H3,(H,27,28). The van der Waals surface area contributed by atoms with Crippen LogP contribution in [0.1, 0.15) is 92.4 Å². The molecular weight excluding hydrogens is 396 g/mol. The van der Waals surface area contributed by atoms with Crippen molar-refractivity contribution < 1.29 is 24.2 Å². The van der Waals surface area contributed by atoms with Crippen LogP contribution in [0.4, 0.5) is 4.79 Å². The number of carbonyl (C=O) groups excluding carboxylic acids is 1. The normalized spacial score (nSPS) is 12.5. The number of carboxylic acid groups (broad SMARTS) is 1. The molecule has 7 heteroatoms. The zero-order chi connectivity index (χ0) is 23.5. The van der Waals surface area contributed by atoms with Crippen molar-refractivity contribution in [3.8, 4) is 0 Å². The van der Waals surface area contributed by atoms with E-state index in [1.165, 1.54) is 6.42 Å². The zero-order valence-electron chi connectivity index (χ0n) is 20.7. The molecule has 0 aromatic carbocycles. The van der Waals surface area contributed by atoms with Gasteiger partial charge >= 0.3 is 12.1 Å². The van der Waals surface area contributed by atoms with E-state index in [-0.39, 0.29) is 12.5 Å². The van der Waals surface area contributed by atoms with E-state index < -0.39 is 12.1 Å². The van der Waals surface area contributed by atoms with Crippen LogP contribution < -0.4 is 0 Å². The number of likely N-dealkylation sites (N-methyl/N-ethyl adjacent to an activating group) is 1. The van der Waals surface area contributed by atoms with Crippen molar-refractivity contribution in [3.05, 3.63) is 0 Å². The Labute approximate surface area is 190 Å². The fourth-order valence-electron chi connectivity index (χ4n) is 3.56. The molecule has 0 amide bonds. The molecule has 0 radical (unpaired) electrons. The molecule has 0 aliphatic carbocycles. The van der Waals surface area contributed by atoms with Crippen molar-refractivity contribution in [3.63, 3.8) is 0 Å². The van der Waals surface area contributed by atoms with E-state index in [2.05, 4.69) is 44.4 Å². The van der Waals surface area contributed by atoms with E-state index >= 15 is 0 Å². The van der Waals surface area contributed by atoms with Gasteiger partial charge in [-0.1, -0.05) is 40.0 Å². The number of carboxylic acids is 1. The topological polar surface area (TPSA) is 79.3 Å². The third-order valence-electron chi connectivity index (χ3n) is 5.74. The second-order valence-electron chi connectivity index (χ2n) is 8.48. The first-order chi connectivity index (χ1) is 14.8. The van der Waals surface area contributed by atoms with Crippen LogP contribution in [0, 0.1) is 0 Å². The Morgan fingerprint density at radius 3 is 2.06 bits per heavy atom. The molecule has 0 aliphatic heterocycles. The lowest BCUT2D eigenvalue weighted by molar-refractivity contribution is -0.137. The number of hydrogen-bond donors (Lipinski definition) is 1. The summed E-state index contributed by atoms with van der Waals surface area (Å²) in [5.41, 5.74) is 0. The minimum Gasteiger partial charge on any atom is -0.481 e. The maximum Gasteiger partial charge on any atom is 0.508 e. The van der Waals surface area contributed by atoms with Gasteiger partial charge in [0, 0.05) is 32.1 Å². The quantitative estimate of drug-likeness (QED) is 0.205. The number of nitrogens with zero attached hydrogens (tertiary/aromatic N) is 2. The summed E-state index contributed by atoms with van der Waals surface area (Å²) in [6, 6.07) is 0.385. The molecule has 1 N–H and O–H groups in total. The van der Waals surface area contributed by atoms with Gasteiger partial charge in [-0.15, -0.1) is 0 Å². The molecular formula is C24H48N2O5. The number of rotatable bonds is 20. The predicted molar refractivity (Wildman–Crippen MR) is 126 cm³/mol. The molecule has 0 fully saturated rings. The minimum atomic E-state index is -0.782. The maximum absolute atomic E-state index is 12.2. The second kappa shape index (κ2) is 19.4. The van der Waals surface area contributed by atoms with Crippen LogP contribution in [-0.2, 0) is 14.3 Å². The van der Waals surface area contributed by atoms with Gasteiger partial charge in [-0.05, 0) is 59.0 Å². The van der Waals surface area contributed by atoms with Crippen LogP contribution in [0.5, 0.6) is 0 Å². The molecule has 0 aromatic heterocycles. The summed E-state index contributed by atoms with van der Waals surface area (Å²) >= 11 is 0. The summed E-state index contributed by atoms with van der Waals surface area (Å²) in [4.78, 5) is 27.6. The van der Waals surface area contributed by atoms with Gasteiger partial charge < -0.3 is 19.5 Å². The van der Waals surface area contributed by atoms with Gasteiger partial charge in [0.15, 0.2) is 0 Å². The van der Waals surface area contributed by atoms with Crippen molar-refractivity contribution in [1.82, 2.24) is 9.80 Å². The zero-order valence-corrected chi connectivity index (χ0v) is 20.7. The van der Waals surface area contributed by atoms with Crippen molar-refractivity contribution in [2.24, 2.45) is 0 Å². The first-order valence-corrected chi connectivity index (χ1v) is 12.3. The summed E-state index contributed by atoms with van der Waals surface area (Å²) < 4.78 is 11.0. The van der Waals surface area contributed by atoms with E-state index in [1.807, 2.05) is 0 Å². The Morgan fingerprint density at radius 1 is 0.871 bits per heavy atom. The van der Waals surface area contributed by atoms with Gasteiger partial charge in [0.25, 0.3) is 0 Å². The molecule has 7 nitrogen and oxygen atoms in total. The van der Waals surface area contributed by atoms with Crippen LogP contribution in [0.25, 0.3) is 0 Å². The van der Waals surface area contributed by atoms with Crippen molar-refractivity contribution in [2.45, 2.75) is 105 Å². The van der Waals surface area contributed by atoms with Crippen LogP contribution >= 0.6 is 0 Å². The molecule has 0 aromatic rings. The summed E-state index contributed by atoms with van der Waals surface area (Å²) in [5, 5.41) is 8.79. The Kier molecular flexibility index (Phi) is 18.5. The summed E-state index contributed by atoms with van der Waals surface area (Å²) in [6.07, 6.45) is 6.68. The maximum atomic E-state index is 12.2. The van der Waals surface area contributed by atoms with E-state index in [9.17, 15) is 9.59 Å². The molecule has 0 bridgehead atoms. The summed E-state index contributed by atoms with van der Waals surface area (Å²) in [6.45, 7) is 15.9. The van der Waals surface area contributed by atoms with Crippen LogP contribution in [0.3, 0.4) is 0 Å². The highest BCUT2D eigenvalue weighted by Gasteiger charge is 2.17. The predicted octanol–water partition coefficient (Wildman–Crippen LogP) is 5.18. The van der Waals surface area contributed by atoms with Gasteiger partial charge in [-0.3, -0.25) is 9.69 Å². The fourth-order valence-corrected chi connectivity index (χ4v) is 3.56. The molecule has 0 rings (SSSR count). The number of carbonyl (C=O) groups is 2. The van der Waals surface area contributed by atoms with Crippen LogP contribution in [0.2, 0.25) is 0 Å². The van der Waals surface area contributed by atoms with Crippen LogP contribution in [-0.4, -0.2) is 78.5 Å². The number of unbranched alkanes of at least 4 members (excludes halogenated alkanes) is 4. The van der Waals surface area contributed by atoms with Crippen molar-refractivity contribution >= 4 is 12.1 Å². The van der Waals surface area contributed by atoms with E-state index in [4.69, 9.17) is 14.6 Å². The lowest BCUT2D eigenvalue weighted by Crippen LogP contribution is -2.40. The van der Waals surface area contributed by atoms with Gasteiger partial charge in [-0.2, -0.15) is 0 Å². The minimum absolute atomic E-state index is 0.158. The lowest BCUT2D eigenvalue weighted by atomic mass is 10.0. The second-order valence-corrected chi connectivity index (χ2v) is 8.48. The van der Waals surface area contributed by atoms with Gasteiger partial charge in [0.05, 0.1) is 0 Å². The monoisotopic (exact) mass is 444 g/mol. The van der Waals surface area contributed by atoms with Gasteiger partial charge in [0.1, 0.15) is 12.7 Å². The molecule has 184 valence electrons. The highest BCUT2D eigenvalue weighted by Crippen LogP contribution is 2.16. The third-order valence-corrected chi connectivity index (χ3v) is 5.74. The lowest BCUT2D eigenvalue weighted by Gasteiger charge is -2.29. The number of ether oxygens (including phenoxy) is 2. The number of aliphatic carboxylic acids is 1. The molecule has 0 heterocycles. The number of hydrogen-bond acceptors (Lipinski definition) is 6. The highest BCUT2D eigenvalue weighted by molar-refractivity contribution is 5.66. The molecule has 0 aliphatic rings. The van der Waals surface area contributed by atoms with E-state index in [0.717, 1.165) is 58.3 Å². The molecule has 31 heavy (non-hydrogen) atoms. The molecule has 0 spiro atoms. The Balaban J connectivity index is 4.39. The highest BCUT2D eigenvalue weighted by atomic mass is 16.7. The fraction of sp³-hybridized carbons (Fsp3) is 0.917. The molecule has 0 saturated carbocycles. The largest absolute Gasteiger partial charge is 0.508 e. The molecule has 1 unspecified atom stereocenters. The van der Waals surface area contributed by atoms with Crippen molar-refractivity contribution in [1.29, 1.82) is 0 Å². The average Bonchev–Trinajstić information content (AvgIpc) is 2.72. The van der Waals surface area contributed by atoms with Crippen LogP contribution in [0.15, 0.2) is 0 Å². The SMILES string of the molecule is CCCCCCC(CCCCC(=O)O)OC(=O)OCCN(CCN(CC)CC)C(C)C. The Morgan fingerprint density at radius 2 is 1.52 bits per heavy atom. The summed E-state index contributed by atoms with van der Waals surface area (Å²) in [7, 11) is 0. The van der Waals surface area contributed by atoms with Gasteiger partial charge in [0.2, 0.25) is 0 Å². The first-order valence-electron chi connectivity index (χ1n) is 12.3. The Hall–Kier alpha value is -1.34. The van der Waals surface area contributed by atoms with E-state index in [0.29, 0.717) is 32.0 Å². The molecule has 1 atom stereocenters. The molecule has 0 saturated heterocycles. The third kappa shape index (κ3) is 17.0. The van der Waals surface area contributed by atoms with E-state index in [1.54, 1.807) is 0 Å². The van der Waals surface area contributed by atoms with Crippen molar-refractivity contribution in [2.75, 3.05) is 39.3 Å². The first kappa shape index (κ1) is 29.7.